The van der Waals surface area contributed by atoms with Gasteiger partial charge in [-0.3, -0.25) is 13.3 Å². The molecule has 0 aliphatic rings. The number of hydrogen-bond acceptors (Lipinski definition) is 17. The van der Waals surface area contributed by atoms with Gasteiger partial charge in [-0.25, -0.2) is 13.3 Å². The zero-order chi connectivity index (χ0) is 36.5. The minimum absolute atomic E-state index is 0.0239. The summed E-state index contributed by atoms with van der Waals surface area (Å²) in [7, 11) is -8.02. The molecule has 0 radical (unpaired) electrons. The third kappa shape index (κ3) is 10.8. The molecule has 0 saturated heterocycles. The molecule has 0 amide bonds. The summed E-state index contributed by atoms with van der Waals surface area (Å²) >= 11 is -1.05. The van der Waals surface area contributed by atoms with Crippen LogP contribution in [0.25, 0.3) is 10.8 Å². The molecular weight excluding hydrogens is 743 g/mol. The third-order valence-corrected chi connectivity index (χ3v) is 9.27. The summed E-state index contributed by atoms with van der Waals surface area (Å²) in [5.41, 5.74) is 6.54. The van der Waals surface area contributed by atoms with Crippen LogP contribution in [0, 0.1) is 6.92 Å². The van der Waals surface area contributed by atoms with Gasteiger partial charge in [0.25, 0.3) is 10.1 Å². The van der Waals surface area contributed by atoms with Crippen molar-refractivity contribution in [1.29, 1.82) is 0 Å². The van der Waals surface area contributed by atoms with E-state index in [2.05, 4.69) is 24.6 Å². The Hall–Kier alpha value is -3.94. The summed E-state index contributed by atoms with van der Waals surface area (Å²) < 4.78 is 95.6. The van der Waals surface area contributed by atoms with Gasteiger partial charge in [0.05, 0.1) is 59.2 Å². The fraction of sp³-hybridized carbons (Fsp3) is 0.214. The number of phenolic OH excluding ortho intramolecular Hbond substituents is 1. The number of rotatable bonds is 17. The highest BCUT2D eigenvalue weighted by Gasteiger charge is 2.24. The number of fused-ring (bicyclic) bond motifs is 1. The molecule has 5 N–H and O–H groups in total. The smallest absolute Gasteiger partial charge is 0.397 e. The lowest BCUT2D eigenvalue weighted by molar-refractivity contribution is -0.198. The molecule has 22 heteroatoms. The van der Waals surface area contributed by atoms with Crippen LogP contribution in [-0.4, -0.2) is 68.8 Å². The van der Waals surface area contributed by atoms with Crippen molar-refractivity contribution in [2.45, 2.75) is 21.6 Å². The molecule has 0 aliphatic carbocycles. The molecule has 1 atom stereocenters. The van der Waals surface area contributed by atoms with Crippen molar-refractivity contribution < 1.29 is 57.6 Å². The van der Waals surface area contributed by atoms with Crippen LogP contribution >= 0.6 is 12.0 Å². The molecular formula is C28H29N5O13S4. The Morgan fingerprint density at radius 2 is 1.46 bits per heavy atom. The minimum Gasteiger partial charge on any atom is -0.505 e. The van der Waals surface area contributed by atoms with E-state index in [1.54, 1.807) is 38.3 Å². The molecule has 4 rings (SSSR count). The Bertz CT molecular complexity index is 2130. The zero-order valence-electron chi connectivity index (χ0n) is 26.0. The summed E-state index contributed by atoms with van der Waals surface area (Å²) in [5.74, 6) is -0.429. The Morgan fingerprint density at radius 3 is 2.06 bits per heavy atom. The van der Waals surface area contributed by atoms with Gasteiger partial charge in [0.15, 0.2) is 16.8 Å². The molecule has 0 fully saturated rings. The quantitative estimate of drug-likeness (QED) is 0.0183. The molecule has 0 spiro atoms. The number of hydrogen-bond donors (Lipinski definition) is 4. The van der Waals surface area contributed by atoms with Gasteiger partial charge in [-0.05, 0) is 78.5 Å². The number of aromatic hydroxyl groups is 1. The number of nitrogens with zero attached hydrogens (tertiary/aromatic N) is 4. The van der Waals surface area contributed by atoms with E-state index in [0.29, 0.717) is 17.9 Å². The van der Waals surface area contributed by atoms with Gasteiger partial charge in [-0.15, -0.1) is 10.2 Å². The number of ether oxygens (including phenoxy) is 1. The average molecular weight is 772 g/mol. The van der Waals surface area contributed by atoms with Crippen LogP contribution in [0.3, 0.4) is 0 Å². The predicted molar refractivity (Wildman–Crippen MR) is 180 cm³/mol. The standard InChI is InChI=1S/C28H29N5O13S4/c1-17-15-18-16-23(49(36,37)38)27(33-31-20-5-9-22(10-6-20)48(35)44-13-14-45-50(39,40)41)25(29)24(18)28(34)26(17)32-30-19-3-7-21(8-4-19)47-46-43-12-11-42-2/h3-10,15-16,34H,11-14,29H2,1-2H3,(H,36,37,38)(H,39,40,41). The number of azo groups is 2. The second-order valence-corrected chi connectivity index (χ2v) is 14.2. The number of aryl methyl sites for hydroxylation is 1. The first-order chi connectivity index (χ1) is 23.7. The van der Waals surface area contributed by atoms with Crippen molar-refractivity contribution in [2.75, 3.05) is 39.3 Å². The molecule has 0 saturated carbocycles. The molecule has 0 heterocycles. The number of nitrogens with two attached hydrogens (primary N) is 1. The van der Waals surface area contributed by atoms with Crippen LogP contribution in [-0.2, 0) is 53.9 Å². The second kappa shape index (κ2) is 17.3. The van der Waals surface area contributed by atoms with E-state index >= 15 is 0 Å². The average Bonchev–Trinajstić information content (AvgIpc) is 3.05. The first kappa shape index (κ1) is 38.9. The van der Waals surface area contributed by atoms with Gasteiger partial charge in [-0.2, -0.15) is 31.4 Å². The van der Waals surface area contributed by atoms with Gasteiger partial charge < -0.3 is 15.6 Å². The number of methoxy groups -OCH3 is 1. The van der Waals surface area contributed by atoms with E-state index in [1.165, 1.54) is 30.3 Å². The Kier molecular flexibility index (Phi) is 13.5. The monoisotopic (exact) mass is 771 g/mol. The summed E-state index contributed by atoms with van der Waals surface area (Å²) in [4.78, 5) is 5.14. The van der Waals surface area contributed by atoms with Gasteiger partial charge in [0.1, 0.15) is 22.9 Å². The maximum absolute atomic E-state index is 12.3. The van der Waals surface area contributed by atoms with E-state index in [4.69, 9.17) is 28.4 Å². The van der Waals surface area contributed by atoms with Gasteiger partial charge in [0.2, 0.25) is 0 Å². The molecule has 4 aromatic carbocycles. The van der Waals surface area contributed by atoms with Crippen molar-refractivity contribution in [3.8, 4) is 5.75 Å². The second-order valence-electron chi connectivity index (χ2n) is 9.76. The minimum atomic E-state index is -4.89. The summed E-state index contributed by atoms with van der Waals surface area (Å²) in [5, 5.41) is 27.7. The lowest BCUT2D eigenvalue weighted by Gasteiger charge is -2.13. The van der Waals surface area contributed by atoms with Crippen LogP contribution in [0.2, 0.25) is 0 Å². The number of anilines is 1. The zero-order valence-corrected chi connectivity index (χ0v) is 29.3. The number of benzene rings is 4. The predicted octanol–water partition coefficient (Wildman–Crippen LogP) is 5.97. The number of phenols is 1. The van der Waals surface area contributed by atoms with Crippen LogP contribution in [0.15, 0.2) is 95.8 Å². The lowest BCUT2D eigenvalue weighted by Crippen LogP contribution is -2.11. The van der Waals surface area contributed by atoms with E-state index in [-0.39, 0.29) is 39.3 Å². The summed E-state index contributed by atoms with van der Waals surface area (Å²) in [6, 6.07) is 14.7. The third-order valence-electron chi connectivity index (χ3n) is 6.27. The maximum atomic E-state index is 12.3. The highest BCUT2D eigenvalue weighted by molar-refractivity contribution is 7.94. The first-order valence-corrected chi connectivity index (χ1v) is 18.5. The van der Waals surface area contributed by atoms with Crippen molar-refractivity contribution in [2.24, 2.45) is 20.5 Å². The summed E-state index contributed by atoms with van der Waals surface area (Å²) in [6.45, 7) is 1.26. The van der Waals surface area contributed by atoms with Gasteiger partial charge in [-0.1, -0.05) is 0 Å². The van der Waals surface area contributed by atoms with E-state index < -0.39 is 61.1 Å². The Morgan fingerprint density at radius 1 is 0.840 bits per heavy atom. The van der Waals surface area contributed by atoms with Crippen LogP contribution in [0.1, 0.15) is 5.56 Å². The van der Waals surface area contributed by atoms with Crippen molar-refractivity contribution in [3.63, 3.8) is 0 Å². The van der Waals surface area contributed by atoms with Crippen molar-refractivity contribution in [3.05, 3.63) is 66.2 Å². The fourth-order valence-electron chi connectivity index (χ4n) is 4.04. The Balaban J connectivity index is 1.58. The van der Waals surface area contributed by atoms with E-state index in [1.807, 2.05) is 0 Å². The van der Waals surface area contributed by atoms with E-state index in [0.717, 1.165) is 23.0 Å². The molecule has 268 valence electrons. The molecule has 50 heavy (non-hydrogen) atoms. The first-order valence-electron chi connectivity index (χ1n) is 13.9. The maximum Gasteiger partial charge on any atom is 0.397 e. The van der Waals surface area contributed by atoms with Crippen molar-refractivity contribution in [1.82, 2.24) is 0 Å². The van der Waals surface area contributed by atoms with Crippen LogP contribution in [0.4, 0.5) is 28.4 Å². The lowest BCUT2D eigenvalue weighted by atomic mass is 10.0. The fourth-order valence-corrected chi connectivity index (χ4v) is 6.14. The SMILES string of the molecule is COCCOOSc1ccc(N=Nc2c(C)cc3cc(S(=O)(=O)O)c(N=Nc4ccc(S(=O)OCCOS(=O)(=O)O)cc4)c(N)c3c2O)cc1. The molecule has 0 aromatic heterocycles. The van der Waals surface area contributed by atoms with E-state index in [9.17, 15) is 30.7 Å². The topological polar surface area (TPSA) is 268 Å². The molecule has 4 aromatic rings. The largest absolute Gasteiger partial charge is 0.505 e. The Labute approximate surface area is 292 Å². The van der Waals surface area contributed by atoms with Crippen LogP contribution in [0.5, 0.6) is 5.75 Å². The molecule has 0 bridgehead atoms. The van der Waals surface area contributed by atoms with Gasteiger partial charge in [0, 0.05) is 12.0 Å². The normalized spacial score (nSPS) is 13.1. The molecule has 18 nitrogen and oxygen atoms in total. The molecule has 1 unspecified atom stereocenters. The van der Waals surface area contributed by atoms with Crippen LogP contribution < -0.4 is 5.73 Å². The number of nitrogen functional groups attached to an aromatic ring is 1. The molecule has 0 aliphatic heterocycles. The highest BCUT2D eigenvalue weighted by Crippen LogP contribution is 2.47. The highest BCUT2D eigenvalue weighted by atomic mass is 32.3. The van der Waals surface area contributed by atoms with Crippen molar-refractivity contribution >= 4 is 82.8 Å². The van der Waals surface area contributed by atoms with Gasteiger partial charge >= 0.3 is 10.4 Å². The summed E-state index contributed by atoms with van der Waals surface area (Å²) in [6.07, 6.45) is 0.